The number of carbonyl (C=O) groups excluding carboxylic acids is 1. The standard InChI is InChI=1S/C10H8BrNO3.C2H6/c1-5-12-8-6(10(13)14-2)3-4-7(11)9(8)15-5;1-2/h3-4H,1-2H3;1-2H3. The lowest BCUT2D eigenvalue weighted by atomic mass is 10.2. The second-order valence-electron chi connectivity index (χ2n) is 3.00. The summed E-state index contributed by atoms with van der Waals surface area (Å²) in [6.45, 7) is 5.73. The number of methoxy groups -OCH3 is 1. The highest BCUT2D eigenvalue weighted by Crippen LogP contribution is 2.27. The average Bonchev–Trinajstić information content (AvgIpc) is 2.74. The van der Waals surface area contributed by atoms with E-state index >= 15 is 0 Å². The van der Waals surface area contributed by atoms with Gasteiger partial charge in [0.05, 0.1) is 17.1 Å². The van der Waals surface area contributed by atoms with Gasteiger partial charge in [0, 0.05) is 6.92 Å². The predicted octanol–water partition coefficient (Wildman–Crippen LogP) is 3.71. The van der Waals surface area contributed by atoms with Crippen LogP contribution < -0.4 is 0 Å². The first-order valence-electron chi connectivity index (χ1n) is 5.27. The average molecular weight is 300 g/mol. The summed E-state index contributed by atoms with van der Waals surface area (Å²) in [5.74, 6) is 0.0999. The van der Waals surface area contributed by atoms with E-state index in [9.17, 15) is 4.79 Å². The van der Waals surface area contributed by atoms with Crippen LogP contribution in [-0.2, 0) is 4.74 Å². The van der Waals surface area contributed by atoms with E-state index in [1.165, 1.54) is 7.11 Å². The van der Waals surface area contributed by atoms with Crippen LogP contribution in [0.5, 0.6) is 0 Å². The maximum Gasteiger partial charge on any atom is 0.340 e. The van der Waals surface area contributed by atoms with E-state index in [1.54, 1.807) is 19.1 Å². The van der Waals surface area contributed by atoms with Gasteiger partial charge < -0.3 is 9.15 Å². The molecule has 0 fully saturated rings. The summed E-state index contributed by atoms with van der Waals surface area (Å²) in [5, 5.41) is 0. The van der Waals surface area contributed by atoms with E-state index in [0.717, 1.165) is 4.47 Å². The van der Waals surface area contributed by atoms with Crippen molar-refractivity contribution in [3.8, 4) is 0 Å². The minimum absolute atomic E-state index is 0.410. The van der Waals surface area contributed by atoms with Crippen LogP contribution >= 0.6 is 15.9 Å². The van der Waals surface area contributed by atoms with Crippen molar-refractivity contribution in [3.05, 3.63) is 28.1 Å². The lowest BCUT2D eigenvalue weighted by molar-refractivity contribution is 0.0602. The number of fused-ring (bicyclic) bond motifs is 1. The number of carbonyl (C=O) groups is 1. The lowest BCUT2D eigenvalue weighted by Gasteiger charge is -1.99. The molecule has 0 radical (unpaired) electrons. The fourth-order valence-electron chi connectivity index (χ4n) is 1.36. The lowest BCUT2D eigenvalue weighted by Crippen LogP contribution is -2.01. The van der Waals surface area contributed by atoms with Crippen LogP contribution in [0.3, 0.4) is 0 Å². The fourth-order valence-corrected chi connectivity index (χ4v) is 1.76. The van der Waals surface area contributed by atoms with Gasteiger partial charge in [0.25, 0.3) is 0 Å². The Morgan fingerprint density at radius 1 is 1.41 bits per heavy atom. The van der Waals surface area contributed by atoms with E-state index < -0.39 is 5.97 Å². The molecule has 0 unspecified atom stereocenters. The number of aryl methyl sites for hydroxylation is 1. The van der Waals surface area contributed by atoms with E-state index in [1.807, 2.05) is 13.8 Å². The van der Waals surface area contributed by atoms with Crippen molar-refractivity contribution >= 4 is 33.0 Å². The predicted molar refractivity (Wildman–Crippen MR) is 69.1 cm³/mol. The van der Waals surface area contributed by atoms with Crippen LogP contribution in [0.1, 0.15) is 30.1 Å². The Labute approximate surface area is 108 Å². The molecule has 0 saturated heterocycles. The third-order valence-corrected chi connectivity index (χ3v) is 2.63. The number of halogens is 1. The summed E-state index contributed by atoms with van der Waals surface area (Å²) < 4.78 is 10.8. The zero-order valence-electron chi connectivity index (χ0n) is 10.2. The first kappa shape index (κ1) is 13.7. The van der Waals surface area contributed by atoms with Gasteiger partial charge in [-0.3, -0.25) is 0 Å². The van der Waals surface area contributed by atoms with Gasteiger partial charge in [-0.1, -0.05) is 13.8 Å². The Hall–Kier alpha value is -1.36. The largest absolute Gasteiger partial charge is 0.465 e. The zero-order chi connectivity index (χ0) is 13.0. The minimum atomic E-state index is -0.416. The highest BCUT2D eigenvalue weighted by atomic mass is 79.9. The second kappa shape index (κ2) is 5.82. The van der Waals surface area contributed by atoms with Crippen LogP contribution in [-0.4, -0.2) is 18.1 Å². The molecule has 0 spiro atoms. The molecule has 17 heavy (non-hydrogen) atoms. The van der Waals surface area contributed by atoms with Gasteiger partial charge >= 0.3 is 5.97 Å². The van der Waals surface area contributed by atoms with Crippen molar-refractivity contribution < 1.29 is 13.9 Å². The Balaban J connectivity index is 0.000000686. The van der Waals surface area contributed by atoms with Crippen molar-refractivity contribution in [2.45, 2.75) is 20.8 Å². The molecule has 92 valence electrons. The van der Waals surface area contributed by atoms with E-state index in [2.05, 4.69) is 25.7 Å². The first-order valence-corrected chi connectivity index (χ1v) is 6.06. The van der Waals surface area contributed by atoms with Crippen LogP contribution in [0, 0.1) is 6.92 Å². The Kier molecular flexibility index (Phi) is 4.69. The second-order valence-corrected chi connectivity index (χ2v) is 3.85. The highest BCUT2D eigenvalue weighted by molar-refractivity contribution is 9.10. The normalized spacial score (nSPS) is 9.71. The third kappa shape index (κ3) is 2.66. The fraction of sp³-hybridized carbons (Fsp3) is 0.333. The zero-order valence-corrected chi connectivity index (χ0v) is 11.8. The maximum absolute atomic E-state index is 11.4. The number of rotatable bonds is 1. The number of nitrogens with zero attached hydrogens (tertiary/aromatic N) is 1. The third-order valence-electron chi connectivity index (χ3n) is 2.01. The monoisotopic (exact) mass is 299 g/mol. The number of benzene rings is 1. The SMILES string of the molecule is CC.COC(=O)c1ccc(Br)c2oc(C)nc12. The molecule has 0 amide bonds. The molecule has 1 aromatic heterocycles. The number of hydrogen-bond donors (Lipinski definition) is 0. The number of hydrogen-bond acceptors (Lipinski definition) is 4. The van der Waals surface area contributed by atoms with Crippen molar-refractivity contribution in [2.24, 2.45) is 0 Å². The van der Waals surface area contributed by atoms with Crippen molar-refractivity contribution in [1.82, 2.24) is 4.98 Å². The molecule has 0 aliphatic heterocycles. The van der Waals surface area contributed by atoms with Crippen LogP contribution in [0.25, 0.3) is 11.1 Å². The van der Waals surface area contributed by atoms with Gasteiger partial charge in [-0.05, 0) is 28.1 Å². The highest BCUT2D eigenvalue weighted by Gasteiger charge is 2.16. The summed E-state index contributed by atoms with van der Waals surface area (Å²) in [5.41, 5.74) is 1.50. The molecular formula is C12H14BrNO3. The molecule has 5 heteroatoms. The van der Waals surface area contributed by atoms with Gasteiger partial charge in [0.15, 0.2) is 11.5 Å². The van der Waals surface area contributed by atoms with Crippen LogP contribution in [0.2, 0.25) is 0 Å². The van der Waals surface area contributed by atoms with Crippen molar-refractivity contribution in [3.63, 3.8) is 0 Å². The Morgan fingerprint density at radius 3 is 2.65 bits per heavy atom. The van der Waals surface area contributed by atoms with E-state index in [0.29, 0.717) is 22.6 Å². The summed E-state index contributed by atoms with van der Waals surface area (Å²) in [4.78, 5) is 15.6. The molecule has 0 aliphatic carbocycles. The molecule has 1 heterocycles. The van der Waals surface area contributed by atoms with E-state index in [-0.39, 0.29) is 0 Å². The molecule has 0 N–H and O–H groups in total. The van der Waals surface area contributed by atoms with Gasteiger partial charge in [0.2, 0.25) is 0 Å². The molecule has 0 atom stereocenters. The first-order chi connectivity index (χ1) is 8.13. The maximum atomic E-state index is 11.4. The molecule has 4 nitrogen and oxygen atoms in total. The molecular weight excluding hydrogens is 286 g/mol. The summed E-state index contributed by atoms with van der Waals surface area (Å²) >= 11 is 3.33. The molecule has 1 aromatic carbocycles. The molecule has 0 saturated carbocycles. The summed E-state index contributed by atoms with van der Waals surface area (Å²) in [6.07, 6.45) is 0. The molecule has 2 aromatic rings. The molecule has 0 aliphatic rings. The van der Waals surface area contributed by atoms with Gasteiger partial charge in [0.1, 0.15) is 5.52 Å². The number of esters is 1. The quantitative estimate of drug-likeness (QED) is 0.753. The minimum Gasteiger partial charge on any atom is -0.465 e. The molecule has 0 bridgehead atoms. The van der Waals surface area contributed by atoms with Gasteiger partial charge in [-0.25, -0.2) is 9.78 Å². The van der Waals surface area contributed by atoms with Crippen molar-refractivity contribution in [2.75, 3.05) is 7.11 Å². The Bertz CT molecular complexity index is 534. The smallest absolute Gasteiger partial charge is 0.340 e. The van der Waals surface area contributed by atoms with Crippen molar-refractivity contribution in [1.29, 1.82) is 0 Å². The van der Waals surface area contributed by atoms with E-state index in [4.69, 9.17) is 4.42 Å². The Morgan fingerprint density at radius 2 is 2.06 bits per heavy atom. The summed E-state index contributed by atoms with van der Waals surface area (Å²) in [6, 6.07) is 3.39. The summed E-state index contributed by atoms with van der Waals surface area (Å²) in [7, 11) is 1.34. The van der Waals surface area contributed by atoms with Crippen LogP contribution in [0.4, 0.5) is 0 Å². The topological polar surface area (TPSA) is 52.3 Å². The number of oxazole rings is 1. The van der Waals surface area contributed by atoms with Gasteiger partial charge in [-0.15, -0.1) is 0 Å². The number of ether oxygens (including phenoxy) is 1. The van der Waals surface area contributed by atoms with Crippen LogP contribution in [0.15, 0.2) is 21.0 Å². The van der Waals surface area contributed by atoms with Gasteiger partial charge in [-0.2, -0.15) is 0 Å². The molecule has 2 rings (SSSR count). The number of aromatic nitrogens is 1.